The van der Waals surface area contributed by atoms with Crippen LogP contribution in [-0.2, 0) is 10.0 Å². The fourth-order valence-electron chi connectivity index (χ4n) is 2.34. The number of nitrogens with one attached hydrogen (secondary N) is 1. The summed E-state index contributed by atoms with van der Waals surface area (Å²) < 4.78 is 26.7. The summed E-state index contributed by atoms with van der Waals surface area (Å²) >= 11 is 1.18. The molecule has 0 aliphatic carbocycles. The van der Waals surface area contributed by atoms with Crippen molar-refractivity contribution in [1.82, 2.24) is 9.62 Å². The van der Waals surface area contributed by atoms with Crippen LogP contribution in [0, 0.1) is 0 Å². The molecule has 1 fully saturated rings. The van der Waals surface area contributed by atoms with E-state index in [4.69, 9.17) is 0 Å². The van der Waals surface area contributed by atoms with E-state index in [1.54, 1.807) is 9.69 Å². The smallest absolute Gasteiger partial charge is 0.261 e. The molecule has 1 saturated heterocycles. The first-order valence-corrected chi connectivity index (χ1v) is 9.63. The van der Waals surface area contributed by atoms with Gasteiger partial charge >= 0.3 is 0 Å². The van der Waals surface area contributed by atoms with Crippen molar-refractivity contribution >= 4 is 27.3 Å². The molecule has 118 valence electrons. The SMILES string of the molecule is CC(C)NC(=O)c1cc(S(=O)(=O)N2CCCCCC2)cs1. The molecule has 2 heterocycles. The van der Waals surface area contributed by atoms with Gasteiger partial charge in [0.05, 0.1) is 9.77 Å². The Hall–Kier alpha value is -0.920. The van der Waals surface area contributed by atoms with Crippen molar-refractivity contribution in [3.8, 4) is 0 Å². The van der Waals surface area contributed by atoms with Gasteiger partial charge in [0.25, 0.3) is 5.91 Å². The Kier molecular flexibility index (Phi) is 5.40. The van der Waals surface area contributed by atoms with Crippen molar-refractivity contribution in [2.45, 2.75) is 50.5 Å². The molecular weight excluding hydrogens is 308 g/mol. The largest absolute Gasteiger partial charge is 0.349 e. The average molecular weight is 330 g/mol. The normalized spacial score (nSPS) is 17.7. The molecule has 1 aromatic rings. The number of thiophene rings is 1. The van der Waals surface area contributed by atoms with Gasteiger partial charge in [0.2, 0.25) is 10.0 Å². The summed E-state index contributed by atoms with van der Waals surface area (Å²) in [4.78, 5) is 12.6. The van der Waals surface area contributed by atoms with E-state index in [9.17, 15) is 13.2 Å². The van der Waals surface area contributed by atoms with Gasteiger partial charge in [-0.1, -0.05) is 12.8 Å². The average Bonchev–Trinajstić information content (AvgIpc) is 2.74. The molecule has 5 nitrogen and oxygen atoms in total. The quantitative estimate of drug-likeness (QED) is 0.922. The van der Waals surface area contributed by atoms with Crippen molar-refractivity contribution in [2.24, 2.45) is 0 Å². The van der Waals surface area contributed by atoms with E-state index in [0.717, 1.165) is 25.7 Å². The minimum atomic E-state index is -3.46. The van der Waals surface area contributed by atoms with Crippen LogP contribution >= 0.6 is 11.3 Å². The Morgan fingerprint density at radius 3 is 2.43 bits per heavy atom. The summed E-state index contributed by atoms with van der Waals surface area (Å²) in [7, 11) is -3.46. The van der Waals surface area contributed by atoms with Gasteiger partial charge in [-0.3, -0.25) is 4.79 Å². The Balaban J connectivity index is 2.17. The number of amides is 1. The maximum atomic E-state index is 12.6. The van der Waals surface area contributed by atoms with Gasteiger partial charge in [-0.25, -0.2) is 8.42 Å². The van der Waals surface area contributed by atoms with Gasteiger partial charge in [0.1, 0.15) is 0 Å². The molecule has 0 bridgehead atoms. The van der Waals surface area contributed by atoms with Crippen molar-refractivity contribution < 1.29 is 13.2 Å². The third kappa shape index (κ3) is 4.05. The lowest BCUT2D eigenvalue weighted by molar-refractivity contribution is 0.0947. The molecule has 0 aromatic carbocycles. The molecule has 21 heavy (non-hydrogen) atoms. The standard InChI is InChI=1S/C14H22N2O3S2/c1-11(2)15-14(17)13-9-12(10-20-13)21(18,19)16-7-5-3-4-6-8-16/h9-11H,3-8H2,1-2H3,(H,15,17). The first-order chi connectivity index (χ1) is 9.91. The minimum absolute atomic E-state index is 0.0327. The minimum Gasteiger partial charge on any atom is -0.349 e. The number of carbonyl (C=O) groups excluding carboxylic acids is 1. The predicted octanol–water partition coefficient (Wildman–Crippen LogP) is 2.45. The van der Waals surface area contributed by atoms with E-state index in [-0.39, 0.29) is 16.8 Å². The van der Waals surface area contributed by atoms with E-state index in [0.29, 0.717) is 18.0 Å². The number of hydrogen-bond acceptors (Lipinski definition) is 4. The topological polar surface area (TPSA) is 66.5 Å². The second-order valence-corrected chi connectivity index (χ2v) is 8.44. The summed E-state index contributed by atoms with van der Waals surface area (Å²) in [6, 6.07) is 1.52. The van der Waals surface area contributed by atoms with Crippen LogP contribution in [0.4, 0.5) is 0 Å². The van der Waals surface area contributed by atoms with Crippen LogP contribution in [0.2, 0.25) is 0 Å². The summed E-state index contributed by atoms with van der Waals surface area (Å²) in [5, 5.41) is 4.34. The fraction of sp³-hybridized carbons (Fsp3) is 0.643. The number of nitrogens with zero attached hydrogens (tertiary/aromatic N) is 1. The molecule has 1 aliphatic heterocycles. The molecule has 2 rings (SSSR count). The Bertz CT molecular complexity index is 585. The van der Waals surface area contributed by atoms with Gasteiger partial charge in [0.15, 0.2) is 0 Å². The molecule has 1 aliphatic rings. The number of rotatable bonds is 4. The van der Waals surface area contributed by atoms with Gasteiger partial charge in [-0.15, -0.1) is 11.3 Å². The van der Waals surface area contributed by atoms with Crippen LogP contribution < -0.4 is 5.32 Å². The maximum Gasteiger partial charge on any atom is 0.261 e. The molecule has 0 saturated carbocycles. The maximum absolute atomic E-state index is 12.6. The summed E-state index contributed by atoms with van der Waals surface area (Å²) in [5.41, 5.74) is 0. The van der Waals surface area contributed by atoms with Crippen LogP contribution in [0.5, 0.6) is 0 Å². The van der Waals surface area contributed by atoms with Crippen molar-refractivity contribution in [3.63, 3.8) is 0 Å². The lowest BCUT2D eigenvalue weighted by Crippen LogP contribution is -2.32. The van der Waals surface area contributed by atoms with Crippen LogP contribution in [0.25, 0.3) is 0 Å². The molecule has 0 radical (unpaired) electrons. The second kappa shape index (κ2) is 6.89. The van der Waals surface area contributed by atoms with Gasteiger partial charge in [0, 0.05) is 24.5 Å². The number of sulfonamides is 1. The lowest BCUT2D eigenvalue weighted by atomic mass is 10.2. The van der Waals surface area contributed by atoms with E-state index < -0.39 is 10.0 Å². The van der Waals surface area contributed by atoms with Gasteiger partial charge in [-0.2, -0.15) is 4.31 Å². The Labute approximate surface area is 130 Å². The first kappa shape index (κ1) is 16.5. The number of carbonyl (C=O) groups is 1. The summed E-state index contributed by atoms with van der Waals surface area (Å²) in [6.45, 7) is 4.90. The van der Waals surface area contributed by atoms with Gasteiger partial charge in [-0.05, 0) is 32.8 Å². The van der Waals surface area contributed by atoms with E-state index in [1.807, 2.05) is 13.8 Å². The molecule has 1 aromatic heterocycles. The highest BCUT2D eigenvalue weighted by Gasteiger charge is 2.27. The van der Waals surface area contributed by atoms with Crippen molar-refractivity contribution in [2.75, 3.05) is 13.1 Å². The molecular formula is C14H22N2O3S2. The summed E-state index contributed by atoms with van der Waals surface area (Å²) in [5.74, 6) is -0.215. The fourth-order valence-corrected chi connectivity index (χ4v) is 5.02. The van der Waals surface area contributed by atoms with Crippen LogP contribution in [-0.4, -0.2) is 37.8 Å². The van der Waals surface area contributed by atoms with E-state index in [1.165, 1.54) is 17.4 Å². The number of hydrogen-bond donors (Lipinski definition) is 1. The third-order valence-electron chi connectivity index (χ3n) is 3.42. The molecule has 7 heteroatoms. The van der Waals surface area contributed by atoms with Crippen molar-refractivity contribution in [3.05, 3.63) is 16.3 Å². The Morgan fingerprint density at radius 2 is 1.86 bits per heavy atom. The zero-order chi connectivity index (χ0) is 15.5. The zero-order valence-electron chi connectivity index (χ0n) is 12.5. The van der Waals surface area contributed by atoms with Gasteiger partial charge < -0.3 is 5.32 Å². The third-order valence-corrected chi connectivity index (χ3v) is 6.38. The monoisotopic (exact) mass is 330 g/mol. The predicted molar refractivity (Wildman–Crippen MR) is 84.1 cm³/mol. The van der Waals surface area contributed by atoms with E-state index >= 15 is 0 Å². The second-order valence-electron chi connectivity index (χ2n) is 5.59. The van der Waals surface area contributed by atoms with E-state index in [2.05, 4.69) is 5.32 Å². The molecule has 1 amide bonds. The highest BCUT2D eigenvalue weighted by atomic mass is 32.2. The molecule has 0 atom stereocenters. The Morgan fingerprint density at radius 1 is 1.24 bits per heavy atom. The zero-order valence-corrected chi connectivity index (χ0v) is 14.1. The molecule has 1 N–H and O–H groups in total. The highest BCUT2D eigenvalue weighted by molar-refractivity contribution is 7.89. The first-order valence-electron chi connectivity index (χ1n) is 7.31. The molecule has 0 unspecified atom stereocenters. The van der Waals surface area contributed by atoms with Crippen LogP contribution in [0.15, 0.2) is 16.3 Å². The lowest BCUT2D eigenvalue weighted by Gasteiger charge is -2.18. The highest BCUT2D eigenvalue weighted by Crippen LogP contribution is 2.25. The van der Waals surface area contributed by atoms with Crippen molar-refractivity contribution in [1.29, 1.82) is 0 Å². The van der Waals surface area contributed by atoms with Crippen LogP contribution in [0.3, 0.4) is 0 Å². The molecule has 0 spiro atoms. The summed E-state index contributed by atoms with van der Waals surface area (Å²) in [6.07, 6.45) is 3.98. The van der Waals surface area contributed by atoms with Crippen LogP contribution in [0.1, 0.15) is 49.2 Å².